The molecule has 2 heterocycles. The predicted molar refractivity (Wildman–Crippen MR) is 114 cm³/mol. The maximum Gasteiger partial charge on any atom is 0.152 e. The van der Waals surface area contributed by atoms with Crippen LogP contribution in [-0.4, -0.2) is 67.5 Å². The number of ketones is 1. The molecule has 2 aliphatic heterocycles. The molecule has 3 atom stereocenters. The number of ether oxygens (including phenoxy) is 1. The normalized spacial score (nSPS) is 24.0. The number of benzene rings is 1. The Morgan fingerprint density at radius 3 is 2.31 bits per heavy atom. The van der Waals surface area contributed by atoms with E-state index in [1.54, 1.807) is 12.1 Å². The van der Waals surface area contributed by atoms with Gasteiger partial charge in [-0.15, -0.1) is 0 Å². The minimum atomic E-state index is -0.264. The Kier molecular flexibility index (Phi) is 6.94. The first-order chi connectivity index (χ1) is 13.7. The van der Waals surface area contributed by atoms with E-state index in [1.165, 1.54) is 6.42 Å². The summed E-state index contributed by atoms with van der Waals surface area (Å²) in [5, 5.41) is 8.86. The van der Waals surface area contributed by atoms with Crippen molar-refractivity contribution in [1.29, 1.82) is 5.26 Å². The fourth-order valence-corrected chi connectivity index (χ4v) is 4.43. The standard InChI is InChI=1S/C23H34N4O2/c1-23(2,3)22(28)15-27-12-18-8-19(13-27)11-26(10-18)14-20(25)16-29-21-6-4-17(9-24)5-7-21/h4-7,18-20H,8,10-16,25H2,1-3H3/t18?,19?,20-/m0/s1. The monoisotopic (exact) mass is 398 g/mol. The van der Waals surface area contributed by atoms with Crippen LogP contribution in [0, 0.1) is 28.6 Å². The van der Waals surface area contributed by atoms with Crippen molar-refractivity contribution in [2.24, 2.45) is 23.0 Å². The van der Waals surface area contributed by atoms with Gasteiger partial charge in [0.15, 0.2) is 5.78 Å². The van der Waals surface area contributed by atoms with Gasteiger partial charge in [0.25, 0.3) is 0 Å². The summed E-state index contributed by atoms with van der Waals surface area (Å²) in [6, 6.07) is 9.18. The van der Waals surface area contributed by atoms with Gasteiger partial charge in [-0.2, -0.15) is 5.26 Å². The molecule has 0 aromatic heterocycles. The van der Waals surface area contributed by atoms with E-state index in [2.05, 4.69) is 15.9 Å². The molecule has 1 aromatic carbocycles. The Bertz CT molecular complexity index is 721. The third kappa shape index (κ3) is 6.27. The molecular formula is C23H34N4O2. The smallest absolute Gasteiger partial charge is 0.152 e. The first kappa shape index (κ1) is 21.8. The summed E-state index contributed by atoms with van der Waals surface area (Å²) >= 11 is 0. The van der Waals surface area contributed by atoms with Crippen molar-refractivity contribution in [2.45, 2.75) is 33.2 Å². The lowest BCUT2D eigenvalue weighted by Crippen LogP contribution is -2.56. The van der Waals surface area contributed by atoms with Crippen LogP contribution < -0.4 is 10.5 Å². The Morgan fingerprint density at radius 1 is 1.17 bits per heavy atom. The van der Waals surface area contributed by atoms with E-state index in [0.29, 0.717) is 36.3 Å². The molecule has 2 N–H and O–H groups in total. The number of likely N-dealkylation sites (tertiary alicyclic amines) is 2. The Labute approximate surface area is 174 Å². The van der Waals surface area contributed by atoms with Crippen molar-refractivity contribution < 1.29 is 9.53 Å². The van der Waals surface area contributed by atoms with Crippen molar-refractivity contribution in [2.75, 3.05) is 45.9 Å². The van der Waals surface area contributed by atoms with Gasteiger partial charge >= 0.3 is 0 Å². The molecule has 2 fully saturated rings. The molecule has 29 heavy (non-hydrogen) atoms. The van der Waals surface area contributed by atoms with Gasteiger partial charge in [-0.25, -0.2) is 0 Å². The molecule has 0 radical (unpaired) electrons. The number of nitrogens with zero attached hydrogens (tertiary/aromatic N) is 3. The lowest BCUT2D eigenvalue weighted by atomic mass is 9.83. The highest BCUT2D eigenvalue weighted by Gasteiger charge is 2.36. The summed E-state index contributed by atoms with van der Waals surface area (Å²) in [6.07, 6.45) is 1.26. The Morgan fingerprint density at radius 2 is 1.76 bits per heavy atom. The molecule has 158 valence electrons. The highest BCUT2D eigenvalue weighted by atomic mass is 16.5. The summed E-state index contributed by atoms with van der Waals surface area (Å²) in [5.74, 6) is 2.30. The second-order valence-corrected chi connectivity index (χ2v) is 9.76. The molecule has 2 aliphatic rings. The molecule has 6 nitrogen and oxygen atoms in total. The maximum atomic E-state index is 12.4. The van der Waals surface area contributed by atoms with Crippen molar-refractivity contribution in [3.05, 3.63) is 29.8 Å². The third-order valence-corrected chi connectivity index (χ3v) is 5.88. The summed E-state index contributed by atoms with van der Waals surface area (Å²) in [7, 11) is 0. The fourth-order valence-electron chi connectivity index (χ4n) is 4.43. The number of rotatable bonds is 7. The third-order valence-electron chi connectivity index (χ3n) is 5.88. The summed E-state index contributed by atoms with van der Waals surface area (Å²) < 4.78 is 5.79. The van der Waals surface area contributed by atoms with Gasteiger partial charge in [-0.05, 0) is 42.5 Å². The van der Waals surface area contributed by atoms with Crippen LogP contribution in [0.1, 0.15) is 32.8 Å². The average Bonchev–Trinajstić information content (AvgIpc) is 2.65. The minimum absolute atomic E-state index is 0.0527. The van der Waals surface area contributed by atoms with Crippen molar-refractivity contribution in [3.8, 4) is 11.8 Å². The van der Waals surface area contributed by atoms with Gasteiger partial charge in [-0.3, -0.25) is 9.69 Å². The molecule has 2 saturated heterocycles. The van der Waals surface area contributed by atoms with Gasteiger partial charge in [-0.1, -0.05) is 20.8 Å². The van der Waals surface area contributed by atoms with Crippen LogP contribution in [0.3, 0.4) is 0 Å². The van der Waals surface area contributed by atoms with Crippen LogP contribution >= 0.6 is 0 Å². The zero-order valence-electron chi connectivity index (χ0n) is 17.9. The maximum absolute atomic E-state index is 12.4. The fraction of sp³-hybridized carbons (Fsp3) is 0.652. The van der Waals surface area contributed by atoms with Crippen LogP contribution in [0.4, 0.5) is 0 Å². The van der Waals surface area contributed by atoms with Gasteiger partial charge in [0.1, 0.15) is 12.4 Å². The van der Waals surface area contributed by atoms with Crippen LogP contribution in [0.5, 0.6) is 5.75 Å². The number of nitrogens with two attached hydrogens (primary N) is 1. The molecule has 2 unspecified atom stereocenters. The van der Waals surface area contributed by atoms with E-state index in [-0.39, 0.29) is 11.5 Å². The first-order valence-corrected chi connectivity index (χ1v) is 10.6. The van der Waals surface area contributed by atoms with Gasteiger partial charge < -0.3 is 15.4 Å². The average molecular weight is 399 g/mol. The van der Waals surface area contributed by atoms with Crippen LogP contribution in [0.2, 0.25) is 0 Å². The van der Waals surface area contributed by atoms with Crippen LogP contribution in [0.15, 0.2) is 24.3 Å². The van der Waals surface area contributed by atoms with E-state index in [9.17, 15) is 4.79 Å². The second kappa shape index (κ2) is 9.25. The minimum Gasteiger partial charge on any atom is -0.492 e. The number of piperidine rings is 2. The number of hydrogen-bond donors (Lipinski definition) is 1. The molecular weight excluding hydrogens is 364 g/mol. The topological polar surface area (TPSA) is 82.6 Å². The van der Waals surface area contributed by atoms with Gasteiger partial charge in [0.05, 0.1) is 24.2 Å². The number of hydrogen-bond acceptors (Lipinski definition) is 6. The molecule has 6 heteroatoms. The number of carbonyl (C=O) groups excluding carboxylic acids is 1. The number of nitriles is 1. The van der Waals surface area contributed by atoms with Crippen LogP contribution in [-0.2, 0) is 4.79 Å². The highest BCUT2D eigenvalue weighted by molar-refractivity contribution is 5.85. The van der Waals surface area contributed by atoms with E-state index in [1.807, 2.05) is 32.9 Å². The lowest BCUT2D eigenvalue weighted by molar-refractivity contribution is -0.128. The van der Waals surface area contributed by atoms with E-state index in [4.69, 9.17) is 15.7 Å². The molecule has 0 aliphatic carbocycles. The Balaban J connectivity index is 1.43. The number of carbonyl (C=O) groups is 1. The SMILES string of the molecule is CC(C)(C)C(=O)CN1CC2CC(C1)CN(C[C@H](N)COc1ccc(C#N)cc1)C2. The zero-order valence-corrected chi connectivity index (χ0v) is 17.9. The largest absolute Gasteiger partial charge is 0.492 e. The Hall–Kier alpha value is -1.94. The summed E-state index contributed by atoms with van der Waals surface area (Å²) in [6.45, 7) is 12.0. The number of fused-ring (bicyclic) bond motifs is 2. The van der Waals surface area contributed by atoms with E-state index < -0.39 is 0 Å². The van der Waals surface area contributed by atoms with Gasteiger partial charge in [0.2, 0.25) is 0 Å². The molecule has 1 aromatic rings. The quantitative estimate of drug-likeness (QED) is 0.758. The molecule has 0 saturated carbocycles. The van der Waals surface area contributed by atoms with Gasteiger partial charge in [0, 0.05) is 38.1 Å². The summed E-state index contributed by atoms with van der Waals surface area (Å²) in [4.78, 5) is 17.2. The van der Waals surface area contributed by atoms with E-state index >= 15 is 0 Å². The van der Waals surface area contributed by atoms with Crippen molar-refractivity contribution >= 4 is 5.78 Å². The van der Waals surface area contributed by atoms with Crippen molar-refractivity contribution in [3.63, 3.8) is 0 Å². The molecule has 0 spiro atoms. The predicted octanol–water partition coefficient (Wildman–Crippen LogP) is 2.13. The zero-order chi connectivity index (χ0) is 21.0. The second-order valence-electron chi connectivity index (χ2n) is 9.76. The van der Waals surface area contributed by atoms with E-state index in [0.717, 1.165) is 38.5 Å². The molecule has 2 bridgehead atoms. The molecule has 0 amide bonds. The lowest BCUT2D eigenvalue weighted by Gasteiger charge is -2.46. The molecule has 3 rings (SSSR count). The summed E-state index contributed by atoms with van der Waals surface area (Å²) in [5.41, 5.74) is 6.69. The first-order valence-electron chi connectivity index (χ1n) is 10.6. The van der Waals surface area contributed by atoms with Crippen molar-refractivity contribution in [1.82, 2.24) is 9.80 Å². The highest BCUT2D eigenvalue weighted by Crippen LogP contribution is 2.29. The van der Waals surface area contributed by atoms with Crippen LogP contribution in [0.25, 0.3) is 0 Å². The number of Topliss-reactive ketones (excluding diaryl/α,β-unsaturated/α-hetero) is 1.